The molecule has 0 aliphatic heterocycles. The quantitative estimate of drug-likeness (QED) is 0.628. The predicted molar refractivity (Wildman–Crippen MR) is 112 cm³/mol. The van der Waals surface area contributed by atoms with Crippen molar-refractivity contribution in [2.45, 2.75) is 69.8 Å². The maximum Gasteiger partial charge on any atom is 0.230 e. The number of carbonyl (C=O) groups excluding carboxylic acids is 1. The first-order chi connectivity index (χ1) is 13.6. The van der Waals surface area contributed by atoms with Gasteiger partial charge in [-0.15, -0.1) is 10.2 Å². The number of ether oxygens (including phenoxy) is 1. The predicted octanol–water partition coefficient (Wildman–Crippen LogP) is 4.63. The molecule has 2 aromatic rings. The van der Waals surface area contributed by atoms with E-state index in [2.05, 4.69) is 15.5 Å². The average molecular weight is 423 g/mol. The van der Waals surface area contributed by atoms with Gasteiger partial charge in [0, 0.05) is 12.6 Å². The molecule has 0 saturated heterocycles. The molecule has 1 unspecified atom stereocenters. The number of benzene rings is 1. The van der Waals surface area contributed by atoms with Crippen molar-refractivity contribution >= 4 is 29.3 Å². The molecule has 1 aromatic carbocycles. The van der Waals surface area contributed by atoms with E-state index in [1.54, 1.807) is 6.07 Å². The van der Waals surface area contributed by atoms with Gasteiger partial charge in [0.1, 0.15) is 5.75 Å². The van der Waals surface area contributed by atoms with Crippen molar-refractivity contribution in [3.8, 4) is 5.75 Å². The molecule has 152 valence electrons. The Hall–Kier alpha value is -1.73. The normalized spacial score (nSPS) is 16.0. The Labute approximate surface area is 175 Å². The van der Waals surface area contributed by atoms with Crippen LogP contribution < -0.4 is 10.1 Å². The lowest BCUT2D eigenvalue weighted by Gasteiger charge is -2.22. The van der Waals surface area contributed by atoms with E-state index >= 15 is 0 Å². The van der Waals surface area contributed by atoms with Crippen LogP contribution in [0.2, 0.25) is 5.02 Å². The summed E-state index contributed by atoms with van der Waals surface area (Å²) in [6.45, 7) is 4.65. The van der Waals surface area contributed by atoms with Gasteiger partial charge in [0.2, 0.25) is 5.91 Å². The van der Waals surface area contributed by atoms with Gasteiger partial charge in [-0.05, 0) is 38.8 Å². The third-order valence-electron chi connectivity index (χ3n) is 4.87. The van der Waals surface area contributed by atoms with Crippen LogP contribution in [-0.4, -0.2) is 32.5 Å². The van der Waals surface area contributed by atoms with Gasteiger partial charge in [-0.2, -0.15) is 0 Å². The van der Waals surface area contributed by atoms with E-state index in [0.717, 1.165) is 23.8 Å². The number of carbonyl (C=O) groups is 1. The molecule has 8 heteroatoms. The fraction of sp³-hybridized carbons (Fsp3) is 0.550. The number of hydrogen-bond acceptors (Lipinski definition) is 5. The minimum Gasteiger partial charge on any atom is -0.481 e. The van der Waals surface area contributed by atoms with Crippen LogP contribution in [0.25, 0.3) is 0 Å². The SMILES string of the molecule is CCn1c(SCC(=O)NC2CCCCC2)nnc1C(C)Oc1ccccc1Cl. The minimum atomic E-state index is -0.308. The van der Waals surface area contributed by atoms with E-state index in [4.69, 9.17) is 16.3 Å². The first-order valence-electron chi connectivity index (χ1n) is 9.85. The second-order valence-corrected chi connectivity index (χ2v) is 8.32. The molecule has 1 amide bonds. The van der Waals surface area contributed by atoms with Gasteiger partial charge in [0.05, 0.1) is 10.8 Å². The molecule has 1 N–H and O–H groups in total. The molecule has 1 saturated carbocycles. The zero-order valence-corrected chi connectivity index (χ0v) is 17.9. The lowest BCUT2D eigenvalue weighted by atomic mass is 9.95. The van der Waals surface area contributed by atoms with Crippen LogP contribution in [0.1, 0.15) is 57.9 Å². The minimum absolute atomic E-state index is 0.0597. The smallest absolute Gasteiger partial charge is 0.230 e. The van der Waals surface area contributed by atoms with E-state index in [-0.39, 0.29) is 12.0 Å². The molecule has 28 heavy (non-hydrogen) atoms. The summed E-state index contributed by atoms with van der Waals surface area (Å²) in [6, 6.07) is 7.69. The maximum absolute atomic E-state index is 12.3. The molecule has 1 aliphatic carbocycles. The number of hydrogen-bond donors (Lipinski definition) is 1. The highest BCUT2D eigenvalue weighted by Gasteiger charge is 2.21. The number of amides is 1. The first kappa shape index (κ1) is 21.0. The summed E-state index contributed by atoms with van der Waals surface area (Å²) in [4.78, 5) is 12.3. The number of aromatic nitrogens is 3. The summed E-state index contributed by atoms with van der Waals surface area (Å²) in [5.74, 6) is 1.74. The fourth-order valence-electron chi connectivity index (χ4n) is 3.43. The van der Waals surface area contributed by atoms with E-state index in [9.17, 15) is 4.79 Å². The molecular weight excluding hydrogens is 396 g/mol. The lowest BCUT2D eigenvalue weighted by molar-refractivity contribution is -0.119. The molecule has 6 nitrogen and oxygen atoms in total. The van der Waals surface area contributed by atoms with E-state index in [0.29, 0.717) is 29.1 Å². The second-order valence-electron chi connectivity index (χ2n) is 6.97. The van der Waals surface area contributed by atoms with Gasteiger partial charge in [0.25, 0.3) is 0 Å². The first-order valence-corrected chi connectivity index (χ1v) is 11.2. The molecule has 0 radical (unpaired) electrons. The third-order valence-corrected chi connectivity index (χ3v) is 6.15. The summed E-state index contributed by atoms with van der Waals surface area (Å²) in [7, 11) is 0. The van der Waals surface area contributed by atoms with E-state index in [1.165, 1.54) is 31.0 Å². The summed E-state index contributed by atoms with van der Waals surface area (Å²) in [5, 5.41) is 13.0. The van der Waals surface area contributed by atoms with E-state index in [1.807, 2.05) is 36.6 Å². The zero-order chi connectivity index (χ0) is 19.9. The Bertz CT molecular complexity index is 792. The molecular formula is C20H27ClN4O2S. The van der Waals surface area contributed by atoms with Crippen molar-refractivity contribution in [3.63, 3.8) is 0 Å². The van der Waals surface area contributed by atoms with Crippen molar-refractivity contribution in [1.82, 2.24) is 20.1 Å². The van der Waals surface area contributed by atoms with Crippen molar-refractivity contribution in [1.29, 1.82) is 0 Å². The van der Waals surface area contributed by atoms with Crippen LogP contribution in [0, 0.1) is 0 Å². The number of rotatable bonds is 8. The highest BCUT2D eigenvalue weighted by molar-refractivity contribution is 7.99. The summed E-state index contributed by atoms with van der Waals surface area (Å²) in [6.07, 6.45) is 5.55. The average Bonchev–Trinajstić information content (AvgIpc) is 3.12. The Morgan fingerprint density at radius 3 is 2.79 bits per heavy atom. The van der Waals surface area contributed by atoms with Crippen molar-refractivity contribution in [2.24, 2.45) is 0 Å². The Kier molecular flexibility index (Phi) is 7.62. The molecule has 1 aliphatic rings. The van der Waals surface area contributed by atoms with Gasteiger partial charge in [0.15, 0.2) is 17.1 Å². The lowest BCUT2D eigenvalue weighted by Crippen LogP contribution is -2.37. The summed E-state index contributed by atoms with van der Waals surface area (Å²) in [5.41, 5.74) is 0. The topological polar surface area (TPSA) is 69.0 Å². The van der Waals surface area contributed by atoms with E-state index < -0.39 is 0 Å². The van der Waals surface area contributed by atoms with Crippen molar-refractivity contribution in [2.75, 3.05) is 5.75 Å². The standard InChI is InChI=1S/C20H27ClN4O2S/c1-3-25-19(14(2)27-17-12-8-7-11-16(17)21)23-24-20(25)28-13-18(26)22-15-9-5-4-6-10-15/h7-8,11-12,14-15H,3-6,9-10,13H2,1-2H3,(H,22,26). The molecule has 0 bridgehead atoms. The Morgan fingerprint density at radius 2 is 2.07 bits per heavy atom. The Balaban J connectivity index is 1.59. The van der Waals surface area contributed by atoms with Gasteiger partial charge < -0.3 is 14.6 Å². The molecule has 1 heterocycles. The number of halogens is 1. The maximum atomic E-state index is 12.3. The van der Waals surface area contributed by atoms with Crippen LogP contribution in [0.3, 0.4) is 0 Å². The van der Waals surface area contributed by atoms with Crippen LogP contribution >= 0.6 is 23.4 Å². The van der Waals surface area contributed by atoms with Crippen LogP contribution in [-0.2, 0) is 11.3 Å². The fourth-order valence-corrected chi connectivity index (χ4v) is 4.44. The van der Waals surface area contributed by atoms with Gasteiger partial charge in [-0.1, -0.05) is 54.8 Å². The van der Waals surface area contributed by atoms with Crippen molar-refractivity contribution in [3.05, 3.63) is 35.1 Å². The highest BCUT2D eigenvalue weighted by Crippen LogP contribution is 2.29. The monoisotopic (exact) mass is 422 g/mol. The summed E-state index contributed by atoms with van der Waals surface area (Å²) >= 11 is 7.59. The van der Waals surface area contributed by atoms with Gasteiger partial charge in [-0.25, -0.2) is 0 Å². The summed E-state index contributed by atoms with van der Waals surface area (Å²) < 4.78 is 7.96. The Morgan fingerprint density at radius 1 is 1.32 bits per heavy atom. The second kappa shape index (κ2) is 10.2. The van der Waals surface area contributed by atoms with Crippen LogP contribution in [0.5, 0.6) is 5.75 Å². The van der Waals surface area contributed by atoms with Crippen LogP contribution in [0.4, 0.5) is 0 Å². The molecule has 3 rings (SSSR count). The largest absolute Gasteiger partial charge is 0.481 e. The van der Waals surface area contributed by atoms with Crippen LogP contribution in [0.15, 0.2) is 29.4 Å². The molecule has 1 atom stereocenters. The number of nitrogens with one attached hydrogen (secondary N) is 1. The molecule has 1 aromatic heterocycles. The number of thioether (sulfide) groups is 1. The third kappa shape index (κ3) is 5.41. The number of para-hydroxylation sites is 1. The number of nitrogens with zero attached hydrogens (tertiary/aromatic N) is 3. The molecule has 0 spiro atoms. The van der Waals surface area contributed by atoms with Crippen molar-refractivity contribution < 1.29 is 9.53 Å². The van der Waals surface area contributed by atoms with Gasteiger partial charge in [-0.3, -0.25) is 4.79 Å². The van der Waals surface area contributed by atoms with Gasteiger partial charge >= 0.3 is 0 Å². The molecule has 1 fully saturated rings. The highest BCUT2D eigenvalue weighted by atomic mass is 35.5. The zero-order valence-electron chi connectivity index (χ0n) is 16.4.